The van der Waals surface area contributed by atoms with Gasteiger partial charge in [-0.05, 0) is 49.9 Å². The normalized spacial score (nSPS) is 24.2. The molecule has 0 spiro atoms. The average Bonchev–Trinajstić information content (AvgIpc) is 2.03. The van der Waals surface area contributed by atoms with E-state index in [1.165, 1.54) is 43.9 Å². The van der Waals surface area contributed by atoms with Gasteiger partial charge in [0.25, 0.3) is 0 Å². The Morgan fingerprint density at radius 1 is 1.25 bits per heavy atom. The van der Waals surface area contributed by atoms with Crippen molar-refractivity contribution in [1.82, 2.24) is 0 Å². The molecule has 0 heterocycles. The van der Waals surface area contributed by atoms with Gasteiger partial charge in [-0.3, -0.25) is 0 Å². The Morgan fingerprint density at radius 3 is 2.33 bits per heavy atom. The summed E-state index contributed by atoms with van der Waals surface area (Å²) >= 11 is 3.50. The summed E-state index contributed by atoms with van der Waals surface area (Å²) in [4.78, 5) is 0. The fraction of sp³-hybridized carbons (Fsp3) is 1.00. The molecule has 12 heavy (non-hydrogen) atoms. The molecule has 0 aliphatic heterocycles. The zero-order valence-electron chi connectivity index (χ0n) is 8.41. The summed E-state index contributed by atoms with van der Waals surface area (Å²) in [5.41, 5.74) is 0.644. The van der Waals surface area contributed by atoms with E-state index in [2.05, 4.69) is 29.8 Å². The van der Waals surface area contributed by atoms with Crippen LogP contribution >= 0.6 is 15.9 Å². The number of alkyl halides is 1. The third kappa shape index (κ3) is 3.47. The standard InChI is InChI=1S/C11H21Br/c1-11(2)7-5-10(6-8-11)4-3-9-12/h10H,3-9H2,1-2H3. The first kappa shape index (κ1) is 10.6. The van der Waals surface area contributed by atoms with Gasteiger partial charge < -0.3 is 0 Å². The van der Waals surface area contributed by atoms with E-state index < -0.39 is 0 Å². The van der Waals surface area contributed by atoms with Gasteiger partial charge >= 0.3 is 0 Å². The molecule has 0 atom stereocenters. The Hall–Kier alpha value is 0.480. The van der Waals surface area contributed by atoms with Crippen molar-refractivity contribution in [3.63, 3.8) is 0 Å². The van der Waals surface area contributed by atoms with Crippen molar-refractivity contribution >= 4 is 15.9 Å². The molecule has 0 nitrogen and oxygen atoms in total. The van der Waals surface area contributed by atoms with Gasteiger partial charge in [-0.25, -0.2) is 0 Å². The van der Waals surface area contributed by atoms with Gasteiger partial charge in [0.1, 0.15) is 0 Å². The molecule has 0 aromatic carbocycles. The summed E-state index contributed by atoms with van der Waals surface area (Å²) in [6.07, 6.45) is 8.65. The highest BCUT2D eigenvalue weighted by Gasteiger charge is 2.25. The van der Waals surface area contributed by atoms with Crippen molar-refractivity contribution in [2.24, 2.45) is 11.3 Å². The summed E-state index contributed by atoms with van der Waals surface area (Å²) in [6.45, 7) is 4.82. The molecule has 0 radical (unpaired) electrons. The lowest BCUT2D eigenvalue weighted by Gasteiger charge is -2.34. The summed E-state index contributed by atoms with van der Waals surface area (Å²) in [5, 5.41) is 1.19. The van der Waals surface area contributed by atoms with E-state index in [1.807, 2.05) is 0 Å². The Morgan fingerprint density at radius 2 is 1.83 bits per heavy atom. The molecule has 0 aromatic rings. The first-order valence-electron chi connectivity index (χ1n) is 5.20. The predicted molar refractivity (Wildman–Crippen MR) is 58.8 cm³/mol. The molecular weight excluding hydrogens is 212 g/mol. The highest BCUT2D eigenvalue weighted by molar-refractivity contribution is 9.09. The van der Waals surface area contributed by atoms with Crippen LogP contribution in [0, 0.1) is 11.3 Å². The van der Waals surface area contributed by atoms with Crippen LogP contribution in [0.3, 0.4) is 0 Å². The van der Waals surface area contributed by atoms with E-state index in [0.717, 1.165) is 5.92 Å². The SMILES string of the molecule is CC1(C)CCC(CCCBr)CC1. The van der Waals surface area contributed by atoms with E-state index in [-0.39, 0.29) is 0 Å². The van der Waals surface area contributed by atoms with Gasteiger partial charge in [0, 0.05) is 5.33 Å². The second-order valence-corrected chi connectivity index (χ2v) is 5.73. The van der Waals surface area contributed by atoms with Crippen LogP contribution in [0.5, 0.6) is 0 Å². The van der Waals surface area contributed by atoms with Crippen LogP contribution in [0.1, 0.15) is 52.4 Å². The van der Waals surface area contributed by atoms with Crippen LogP contribution in [0.2, 0.25) is 0 Å². The van der Waals surface area contributed by atoms with Crippen LogP contribution in [0.25, 0.3) is 0 Å². The van der Waals surface area contributed by atoms with Gasteiger partial charge in [-0.2, -0.15) is 0 Å². The second kappa shape index (κ2) is 4.64. The third-order valence-corrected chi connectivity index (χ3v) is 3.77. The maximum atomic E-state index is 3.50. The molecule has 1 fully saturated rings. The summed E-state index contributed by atoms with van der Waals surface area (Å²) in [5.74, 6) is 1.04. The first-order valence-corrected chi connectivity index (χ1v) is 6.32. The van der Waals surface area contributed by atoms with E-state index in [9.17, 15) is 0 Å². The smallest absolute Gasteiger partial charge is 0.00314 e. The van der Waals surface area contributed by atoms with Crippen molar-refractivity contribution in [2.75, 3.05) is 5.33 Å². The van der Waals surface area contributed by atoms with Crippen LogP contribution in [0.4, 0.5) is 0 Å². The predicted octanol–water partition coefficient (Wildman–Crippen LogP) is 4.38. The lowest BCUT2D eigenvalue weighted by Crippen LogP contribution is -2.21. The summed E-state index contributed by atoms with van der Waals surface area (Å²) < 4.78 is 0. The van der Waals surface area contributed by atoms with Gasteiger partial charge in [0.15, 0.2) is 0 Å². The summed E-state index contributed by atoms with van der Waals surface area (Å²) in [6, 6.07) is 0. The van der Waals surface area contributed by atoms with Crippen molar-refractivity contribution in [3.8, 4) is 0 Å². The maximum absolute atomic E-state index is 3.50. The second-order valence-electron chi connectivity index (χ2n) is 4.94. The highest BCUT2D eigenvalue weighted by Crippen LogP contribution is 2.39. The average molecular weight is 233 g/mol. The molecule has 0 unspecified atom stereocenters. The first-order chi connectivity index (χ1) is 5.64. The van der Waals surface area contributed by atoms with Crippen LogP contribution in [-0.2, 0) is 0 Å². The van der Waals surface area contributed by atoms with E-state index >= 15 is 0 Å². The van der Waals surface area contributed by atoms with E-state index in [1.54, 1.807) is 0 Å². The lowest BCUT2D eigenvalue weighted by atomic mass is 9.72. The van der Waals surface area contributed by atoms with Gasteiger partial charge in [0.2, 0.25) is 0 Å². The van der Waals surface area contributed by atoms with Gasteiger partial charge in [-0.15, -0.1) is 0 Å². The molecule has 1 aliphatic rings. The minimum atomic E-state index is 0.644. The highest BCUT2D eigenvalue weighted by atomic mass is 79.9. The largest absolute Gasteiger partial charge is 0.0928 e. The Labute approximate surface area is 85.3 Å². The minimum absolute atomic E-state index is 0.644. The molecule has 0 saturated heterocycles. The van der Waals surface area contributed by atoms with Crippen LogP contribution in [0.15, 0.2) is 0 Å². The monoisotopic (exact) mass is 232 g/mol. The maximum Gasteiger partial charge on any atom is 0.00314 e. The van der Waals surface area contributed by atoms with Crippen LogP contribution < -0.4 is 0 Å². The molecule has 0 amide bonds. The van der Waals surface area contributed by atoms with Gasteiger partial charge in [-0.1, -0.05) is 29.8 Å². The molecule has 72 valence electrons. The minimum Gasteiger partial charge on any atom is -0.0928 e. The lowest BCUT2D eigenvalue weighted by molar-refractivity contribution is 0.185. The number of hydrogen-bond acceptors (Lipinski definition) is 0. The molecule has 0 N–H and O–H groups in total. The fourth-order valence-electron chi connectivity index (χ4n) is 2.11. The van der Waals surface area contributed by atoms with Crippen molar-refractivity contribution < 1.29 is 0 Å². The van der Waals surface area contributed by atoms with Crippen molar-refractivity contribution in [2.45, 2.75) is 52.4 Å². The molecule has 0 bridgehead atoms. The molecule has 1 rings (SSSR count). The van der Waals surface area contributed by atoms with E-state index in [4.69, 9.17) is 0 Å². The fourth-order valence-corrected chi connectivity index (χ4v) is 2.44. The van der Waals surface area contributed by atoms with Gasteiger partial charge in [0.05, 0.1) is 0 Å². The third-order valence-electron chi connectivity index (χ3n) is 3.20. The van der Waals surface area contributed by atoms with Crippen LogP contribution in [-0.4, -0.2) is 5.33 Å². The molecular formula is C11H21Br. The zero-order chi connectivity index (χ0) is 9.03. The molecule has 1 aliphatic carbocycles. The number of halogens is 1. The Kier molecular flexibility index (Phi) is 4.09. The van der Waals surface area contributed by atoms with E-state index in [0.29, 0.717) is 5.41 Å². The quantitative estimate of drug-likeness (QED) is 0.634. The Balaban J connectivity index is 2.18. The number of rotatable bonds is 3. The Bertz CT molecular complexity index is 119. The summed E-state index contributed by atoms with van der Waals surface area (Å²) in [7, 11) is 0. The molecule has 1 heteroatoms. The molecule has 1 saturated carbocycles. The topological polar surface area (TPSA) is 0 Å². The van der Waals surface area contributed by atoms with Crippen molar-refractivity contribution in [3.05, 3.63) is 0 Å². The molecule has 0 aromatic heterocycles. The van der Waals surface area contributed by atoms with Crippen molar-refractivity contribution in [1.29, 1.82) is 0 Å². The zero-order valence-corrected chi connectivity index (χ0v) is 9.99. The number of hydrogen-bond donors (Lipinski definition) is 0.